The molecule has 10 aromatic rings. The van der Waals surface area contributed by atoms with Gasteiger partial charge in [0.25, 0.3) is 0 Å². The van der Waals surface area contributed by atoms with Crippen LogP contribution in [-0.2, 0) is 16.2 Å². The van der Waals surface area contributed by atoms with Crippen LogP contribution in [0.5, 0.6) is 0 Å². The zero-order chi connectivity index (χ0) is 47.8. The quantitative estimate of drug-likeness (QED) is 0.166. The number of benzene rings is 10. The summed E-state index contributed by atoms with van der Waals surface area (Å²) in [6.07, 6.45) is 5.88. The molecule has 1 heteroatoms. The van der Waals surface area contributed by atoms with Gasteiger partial charge in [0.15, 0.2) is 0 Å². The van der Waals surface area contributed by atoms with Crippen molar-refractivity contribution in [3.8, 4) is 55.6 Å². The molecule has 0 aliphatic heterocycles. The van der Waals surface area contributed by atoms with Gasteiger partial charge in [0.05, 0.1) is 16.9 Å². The lowest BCUT2D eigenvalue weighted by Gasteiger charge is -2.54. The molecule has 0 heterocycles. The minimum Gasteiger partial charge on any atom is -0.333 e. The van der Waals surface area contributed by atoms with E-state index in [0.29, 0.717) is 0 Å². The Balaban J connectivity index is 1.10. The molecule has 5 aliphatic carbocycles. The second kappa shape index (κ2) is 15.2. The van der Waals surface area contributed by atoms with Crippen molar-refractivity contribution in [2.75, 3.05) is 4.90 Å². The van der Waals surface area contributed by atoms with Crippen molar-refractivity contribution in [3.05, 3.63) is 310 Å². The van der Waals surface area contributed by atoms with Gasteiger partial charge in [0, 0.05) is 22.4 Å². The largest absolute Gasteiger partial charge is 0.333 e. The fourth-order valence-electron chi connectivity index (χ4n) is 14.5. The molecule has 0 N–H and O–H groups in total. The van der Waals surface area contributed by atoms with Gasteiger partial charge in [-0.15, -0.1) is 0 Å². The van der Waals surface area contributed by atoms with Crippen LogP contribution in [0.1, 0.15) is 64.8 Å². The fourth-order valence-corrected chi connectivity index (χ4v) is 14.5. The summed E-state index contributed by atoms with van der Waals surface area (Å²) in [5.74, 6) is 0. The van der Waals surface area contributed by atoms with Crippen LogP contribution in [0.15, 0.2) is 266 Å². The van der Waals surface area contributed by atoms with E-state index < -0.39 is 10.8 Å². The first-order valence-corrected chi connectivity index (χ1v) is 25.7. The van der Waals surface area contributed by atoms with Crippen molar-refractivity contribution in [1.29, 1.82) is 0 Å². The first kappa shape index (κ1) is 41.3. The lowest BCUT2D eigenvalue weighted by molar-refractivity contribution is 0.549. The molecule has 0 radical (unpaired) electrons. The van der Waals surface area contributed by atoms with Crippen molar-refractivity contribution < 1.29 is 0 Å². The average Bonchev–Trinajstić information content (AvgIpc) is 4.01. The van der Waals surface area contributed by atoms with Crippen molar-refractivity contribution in [1.82, 2.24) is 0 Å². The molecule has 1 atom stereocenters. The maximum absolute atomic E-state index is 2.79. The summed E-state index contributed by atoms with van der Waals surface area (Å²) in [6.45, 7) is 4.83. The SMILES string of the molecule is CC1(C)c2ccccc2-c2ccc(N(c3ccc(-c4ccccc4)cc3-c3ccccc3)C3CC=CC4=C3C3(c5ccccc5-c5ccccc53)c3ccccc3C43c4ccccc4-c4ccccc43)cc21. The number of hydrogen-bond donors (Lipinski definition) is 0. The summed E-state index contributed by atoms with van der Waals surface area (Å²) in [5.41, 5.74) is 27.4. The van der Waals surface area contributed by atoms with E-state index in [0.717, 1.165) is 6.42 Å². The lowest BCUT2D eigenvalue weighted by Crippen LogP contribution is -2.51. The summed E-state index contributed by atoms with van der Waals surface area (Å²) in [5, 5.41) is 0. The Morgan fingerprint density at radius 3 is 1.36 bits per heavy atom. The number of nitrogens with zero attached hydrogens (tertiary/aromatic N) is 1. The van der Waals surface area contributed by atoms with Crippen LogP contribution in [0.2, 0.25) is 0 Å². The van der Waals surface area contributed by atoms with Crippen LogP contribution in [0.4, 0.5) is 11.4 Å². The van der Waals surface area contributed by atoms with Crippen LogP contribution in [0.3, 0.4) is 0 Å². The minimum absolute atomic E-state index is 0.135. The van der Waals surface area contributed by atoms with E-state index in [1.807, 2.05) is 0 Å². The predicted molar refractivity (Wildman–Crippen MR) is 298 cm³/mol. The smallest absolute Gasteiger partial charge is 0.0717 e. The minimum atomic E-state index is -0.631. The summed E-state index contributed by atoms with van der Waals surface area (Å²) in [6, 6.07) is 92.3. The standard InChI is InChI=1S/C71H51N/c1-69(2)57-31-14-9-26-50(57)55-42-41-49(45-65(55)69)72(66-43-40-48(46-22-5-3-6-23-46)44-56(66)47-24-7-4-8-25-47)67-39-21-38-64-68(67)71(60-34-17-12-29-53(60)54-30-13-18-35-61(54)71)63-37-20-19-36-62(63)70(64)58-32-15-10-27-51(58)52-28-11-16-33-59(52)70/h3-38,40-45,67H,39H2,1-2H3. The Morgan fingerprint density at radius 1 is 0.347 bits per heavy atom. The summed E-state index contributed by atoms with van der Waals surface area (Å²) in [4.78, 5) is 2.79. The van der Waals surface area contributed by atoms with Gasteiger partial charge in [0.1, 0.15) is 0 Å². The normalized spacial score (nSPS) is 17.1. The molecule has 0 amide bonds. The second-order valence-corrected chi connectivity index (χ2v) is 20.9. The molecule has 0 bridgehead atoms. The zero-order valence-electron chi connectivity index (χ0n) is 40.5. The molecule has 0 saturated carbocycles. The van der Waals surface area contributed by atoms with Gasteiger partial charge in [-0.25, -0.2) is 0 Å². The first-order chi connectivity index (χ1) is 35.5. The Hall–Kier alpha value is -8.52. The van der Waals surface area contributed by atoms with Crippen molar-refractivity contribution >= 4 is 11.4 Å². The highest BCUT2D eigenvalue weighted by Gasteiger charge is 2.61. The highest BCUT2D eigenvalue weighted by molar-refractivity contribution is 5.96. The molecule has 1 nitrogen and oxygen atoms in total. The van der Waals surface area contributed by atoms with E-state index in [1.54, 1.807) is 0 Å². The highest BCUT2D eigenvalue weighted by Crippen LogP contribution is 2.69. The zero-order valence-corrected chi connectivity index (χ0v) is 40.5. The molecule has 0 saturated heterocycles. The lowest BCUT2D eigenvalue weighted by atomic mass is 9.50. The molecule has 72 heavy (non-hydrogen) atoms. The summed E-state index contributed by atoms with van der Waals surface area (Å²) >= 11 is 0. The van der Waals surface area contributed by atoms with Gasteiger partial charge in [-0.05, 0) is 136 Å². The third-order valence-electron chi connectivity index (χ3n) is 17.3. The summed E-state index contributed by atoms with van der Waals surface area (Å²) in [7, 11) is 0. The van der Waals surface area contributed by atoms with E-state index in [9.17, 15) is 0 Å². The van der Waals surface area contributed by atoms with E-state index in [4.69, 9.17) is 0 Å². The monoisotopic (exact) mass is 917 g/mol. The Morgan fingerprint density at radius 2 is 0.792 bits per heavy atom. The maximum atomic E-state index is 2.79. The van der Waals surface area contributed by atoms with Crippen molar-refractivity contribution in [2.24, 2.45) is 0 Å². The molecule has 2 spiro atoms. The van der Waals surface area contributed by atoms with E-state index >= 15 is 0 Å². The molecule has 15 rings (SSSR count). The fraction of sp³-hybridized carbons (Fsp3) is 0.0986. The van der Waals surface area contributed by atoms with Crippen molar-refractivity contribution in [2.45, 2.75) is 42.6 Å². The molecule has 0 aromatic heterocycles. The number of hydrogen-bond acceptors (Lipinski definition) is 1. The van der Waals surface area contributed by atoms with Gasteiger partial charge >= 0.3 is 0 Å². The van der Waals surface area contributed by atoms with E-state index in [2.05, 4.69) is 274 Å². The third-order valence-corrected chi connectivity index (χ3v) is 17.3. The van der Waals surface area contributed by atoms with Crippen LogP contribution in [0, 0.1) is 0 Å². The van der Waals surface area contributed by atoms with Crippen LogP contribution in [-0.4, -0.2) is 6.04 Å². The van der Waals surface area contributed by atoms with Crippen LogP contribution in [0.25, 0.3) is 55.6 Å². The Kier molecular flexibility index (Phi) is 8.74. The van der Waals surface area contributed by atoms with Crippen molar-refractivity contribution in [3.63, 3.8) is 0 Å². The van der Waals surface area contributed by atoms with Gasteiger partial charge in [-0.1, -0.05) is 244 Å². The molecule has 1 unspecified atom stereocenters. The number of rotatable bonds is 5. The number of fused-ring (bicyclic) bond motifs is 18. The van der Waals surface area contributed by atoms with Gasteiger partial charge in [-0.3, -0.25) is 0 Å². The molecule has 10 aromatic carbocycles. The molecule has 0 fully saturated rings. The maximum Gasteiger partial charge on any atom is 0.0717 e. The van der Waals surface area contributed by atoms with E-state index in [1.165, 1.54) is 123 Å². The van der Waals surface area contributed by atoms with Crippen LogP contribution >= 0.6 is 0 Å². The van der Waals surface area contributed by atoms with Gasteiger partial charge < -0.3 is 4.90 Å². The third kappa shape index (κ3) is 5.33. The second-order valence-electron chi connectivity index (χ2n) is 20.9. The highest BCUT2D eigenvalue weighted by atomic mass is 15.2. The van der Waals surface area contributed by atoms with E-state index in [-0.39, 0.29) is 11.5 Å². The molecule has 340 valence electrons. The van der Waals surface area contributed by atoms with Gasteiger partial charge in [0.2, 0.25) is 0 Å². The topological polar surface area (TPSA) is 3.24 Å². The molecular formula is C71H51N. The molecular weight excluding hydrogens is 867 g/mol. The first-order valence-electron chi connectivity index (χ1n) is 25.7. The Labute approximate surface area is 422 Å². The average molecular weight is 918 g/mol. The molecule has 5 aliphatic rings. The van der Waals surface area contributed by atoms with Gasteiger partial charge in [-0.2, -0.15) is 0 Å². The number of allylic oxidation sites excluding steroid dienone is 2. The van der Waals surface area contributed by atoms with Crippen LogP contribution < -0.4 is 4.90 Å². The predicted octanol–water partition coefficient (Wildman–Crippen LogP) is 17.4. The number of anilines is 2. The summed E-state index contributed by atoms with van der Waals surface area (Å²) < 4.78 is 0. The Bertz CT molecular complexity index is 3850.